The Morgan fingerprint density at radius 1 is 0.938 bits per heavy atom. The largest absolute Gasteiger partial charge is 0.350 e. The number of fused-ring (bicyclic) bond motifs is 1. The van der Waals surface area contributed by atoms with Crippen LogP contribution >= 0.6 is 11.3 Å². The van der Waals surface area contributed by atoms with Crippen molar-refractivity contribution in [2.75, 3.05) is 0 Å². The van der Waals surface area contributed by atoms with Crippen molar-refractivity contribution in [2.45, 2.75) is 19.4 Å². The molecule has 1 N–H and O–H groups in total. The van der Waals surface area contributed by atoms with E-state index in [2.05, 4.69) is 38.1 Å². The molecule has 158 valence electrons. The Balaban J connectivity index is 1.25. The molecule has 0 unspecified atom stereocenters. The Morgan fingerprint density at radius 2 is 1.72 bits per heavy atom. The molecule has 0 radical (unpaired) electrons. The summed E-state index contributed by atoms with van der Waals surface area (Å²) in [6.07, 6.45) is 4.41. The first-order valence-corrected chi connectivity index (χ1v) is 11.3. The Hall–Kier alpha value is -3.84. The van der Waals surface area contributed by atoms with Crippen LogP contribution in [-0.4, -0.2) is 25.4 Å². The van der Waals surface area contributed by atoms with Gasteiger partial charge in [-0.15, -0.1) is 11.3 Å². The van der Waals surface area contributed by atoms with Crippen molar-refractivity contribution in [2.24, 2.45) is 0 Å². The molecule has 32 heavy (non-hydrogen) atoms. The van der Waals surface area contributed by atoms with Crippen LogP contribution in [0.5, 0.6) is 0 Å². The van der Waals surface area contributed by atoms with Crippen molar-refractivity contribution in [1.82, 2.24) is 24.8 Å². The second-order valence-corrected chi connectivity index (χ2v) is 8.27. The maximum atomic E-state index is 12.5. The molecular formula is C25H21N5OS. The van der Waals surface area contributed by atoms with Crippen molar-refractivity contribution in [1.29, 1.82) is 0 Å². The molecule has 0 aliphatic heterocycles. The summed E-state index contributed by atoms with van der Waals surface area (Å²) in [5, 5.41) is 5.86. The summed E-state index contributed by atoms with van der Waals surface area (Å²) in [6, 6.07) is 22.0. The molecule has 5 rings (SSSR count). The zero-order valence-electron chi connectivity index (χ0n) is 17.3. The van der Waals surface area contributed by atoms with Gasteiger partial charge in [0.15, 0.2) is 0 Å². The standard InChI is InChI=1S/C25H21N5OS/c31-24(27-16-25-29-21(17-32-25)18-12-14-26-15-13-18)11-10-23-28-20-8-4-5-9-22(20)30(23)19-6-2-1-3-7-19/h1-9,12-15,17H,10-11,16H2,(H,27,31). The second kappa shape index (κ2) is 9.11. The Labute approximate surface area is 189 Å². The summed E-state index contributed by atoms with van der Waals surface area (Å²) in [5.74, 6) is 0.860. The smallest absolute Gasteiger partial charge is 0.220 e. The van der Waals surface area contributed by atoms with Gasteiger partial charge in [-0.05, 0) is 36.4 Å². The predicted octanol–water partition coefficient (Wildman–Crippen LogP) is 4.79. The van der Waals surface area contributed by atoms with E-state index in [0.717, 1.165) is 38.8 Å². The number of nitrogens with zero attached hydrogens (tertiary/aromatic N) is 4. The third kappa shape index (κ3) is 4.29. The molecule has 6 nitrogen and oxygen atoms in total. The van der Waals surface area contributed by atoms with Crippen LogP contribution in [0.25, 0.3) is 28.0 Å². The number of aromatic nitrogens is 4. The van der Waals surface area contributed by atoms with Crippen molar-refractivity contribution in [3.8, 4) is 16.9 Å². The molecule has 1 amide bonds. The quantitative estimate of drug-likeness (QED) is 0.396. The molecule has 0 saturated heterocycles. The molecule has 7 heteroatoms. The van der Waals surface area contributed by atoms with Gasteiger partial charge in [0.05, 0.1) is 23.3 Å². The Morgan fingerprint density at radius 3 is 2.56 bits per heavy atom. The topological polar surface area (TPSA) is 72.7 Å². The van der Waals surface area contributed by atoms with Crippen LogP contribution in [0.15, 0.2) is 84.5 Å². The van der Waals surface area contributed by atoms with E-state index in [9.17, 15) is 4.79 Å². The first-order valence-electron chi connectivity index (χ1n) is 10.4. The zero-order chi connectivity index (χ0) is 21.8. The summed E-state index contributed by atoms with van der Waals surface area (Å²) < 4.78 is 2.13. The molecule has 0 fully saturated rings. The Bertz CT molecular complexity index is 1340. The number of aryl methyl sites for hydroxylation is 1. The minimum Gasteiger partial charge on any atom is -0.350 e. The average molecular weight is 440 g/mol. The molecule has 2 aromatic carbocycles. The highest BCUT2D eigenvalue weighted by atomic mass is 32.1. The van der Waals surface area contributed by atoms with Crippen molar-refractivity contribution >= 4 is 28.3 Å². The lowest BCUT2D eigenvalue weighted by atomic mass is 10.2. The van der Waals surface area contributed by atoms with Crippen LogP contribution in [0.3, 0.4) is 0 Å². The van der Waals surface area contributed by atoms with Gasteiger partial charge in [-0.25, -0.2) is 9.97 Å². The van der Waals surface area contributed by atoms with Gasteiger partial charge in [-0.2, -0.15) is 0 Å². The lowest BCUT2D eigenvalue weighted by Crippen LogP contribution is -2.23. The van der Waals surface area contributed by atoms with Crippen LogP contribution in [0.1, 0.15) is 17.3 Å². The molecule has 0 aliphatic rings. The minimum absolute atomic E-state index is 0.0164. The molecule has 0 bridgehead atoms. The molecule has 0 atom stereocenters. The molecular weight excluding hydrogens is 418 g/mol. The summed E-state index contributed by atoms with van der Waals surface area (Å²) in [6.45, 7) is 0.420. The number of nitrogens with one attached hydrogen (secondary N) is 1. The lowest BCUT2D eigenvalue weighted by Gasteiger charge is -2.09. The highest BCUT2D eigenvalue weighted by molar-refractivity contribution is 7.09. The van der Waals surface area contributed by atoms with Gasteiger partial charge < -0.3 is 5.32 Å². The molecule has 0 spiro atoms. The number of imidazole rings is 1. The van der Waals surface area contributed by atoms with Crippen molar-refractivity contribution in [3.63, 3.8) is 0 Å². The molecule has 3 heterocycles. The average Bonchev–Trinajstić information content (AvgIpc) is 3.47. The summed E-state index contributed by atoms with van der Waals surface area (Å²) in [4.78, 5) is 26.0. The van der Waals surface area contributed by atoms with Gasteiger partial charge in [0.25, 0.3) is 0 Å². The van der Waals surface area contributed by atoms with Crippen LogP contribution in [0.4, 0.5) is 0 Å². The van der Waals surface area contributed by atoms with E-state index >= 15 is 0 Å². The first-order chi connectivity index (χ1) is 15.8. The van der Waals surface area contributed by atoms with Gasteiger partial charge in [-0.1, -0.05) is 30.3 Å². The third-order valence-corrected chi connectivity index (χ3v) is 6.03. The maximum absolute atomic E-state index is 12.5. The molecule has 5 aromatic rings. The van der Waals surface area contributed by atoms with Crippen LogP contribution < -0.4 is 5.32 Å². The van der Waals surface area contributed by atoms with E-state index in [-0.39, 0.29) is 5.91 Å². The van der Waals surface area contributed by atoms with E-state index in [0.29, 0.717) is 19.4 Å². The normalized spacial score (nSPS) is 11.0. The number of benzene rings is 2. The van der Waals surface area contributed by atoms with Gasteiger partial charge in [-0.3, -0.25) is 14.3 Å². The number of hydrogen-bond donors (Lipinski definition) is 1. The summed E-state index contributed by atoms with van der Waals surface area (Å²) >= 11 is 1.54. The number of para-hydroxylation sites is 3. The van der Waals surface area contributed by atoms with Gasteiger partial charge >= 0.3 is 0 Å². The minimum atomic E-state index is -0.0164. The maximum Gasteiger partial charge on any atom is 0.220 e. The fourth-order valence-corrected chi connectivity index (χ4v) is 4.39. The van der Waals surface area contributed by atoms with E-state index in [1.54, 1.807) is 23.7 Å². The van der Waals surface area contributed by atoms with Crippen molar-refractivity contribution in [3.05, 3.63) is 95.3 Å². The summed E-state index contributed by atoms with van der Waals surface area (Å²) in [7, 11) is 0. The van der Waals surface area contributed by atoms with Crippen LogP contribution in [0, 0.1) is 0 Å². The zero-order valence-corrected chi connectivity index (χ0v) is 18.1. The van der Waals surface area contributed by atoms with Gasteiger partial charge in [0.1, 0.15) is 10.8 Å². The number of thiazole rings is 1. The number of rotatable bonds is 7. The number of hydrogen-bond acceptors (Lipinski definition) is 5. The third-order valence-electron chi connectivity index (χ3n) is 5.18. The van der Waals surface area contributed by atoms with E-state index < -0.39 is 0 Å². The number of amides is 1. The Kier molecular flexibility index (Phi) is 5.72. The predicted molar refractivity (Wildman–Crippen MR) is 127 cm³/mol. The molecule has 0 aliphatic carbocycles. The van der Waals surface area contributed by atoms with Crippen molar-refractivity contribution < 1.29 is 4.79 Å². The number of carbonyl (C=O) groups is 1. The second-order valence-electron chi connectivity index (χ2n) is 7.33. The SMILES string of the molecule is O=C(CCc1nc2ccccc2n1-c1ccccc1)NCc1nc(-c2ccncc2)cs1. The fraction of sp³-hybridized carbons (Fsp3) is 0.120. The summed E-state index contributed by atoms with van der Waals surface area (Å²) in [5.41, 5.74) is 4.94. The highest BCUT2D eigenvalue weighted by Gasteiger charge is 2.14. The lowest BCUT2D eigenvalue weighted by molar-refractivity contribution is -0.121. The highest BCUT2D eigenvalue weighted by Crippen LogP contribution is 2.23. The van der Waals surface area contributed by atoms with Gasteiger partial charge in [0, 0.05) is 41.9 Å². The number of pyridine rings is 1. The molecule has 3 aromatic heterocycles. The number of carbonyl (C=O) groups excluding carboxylic acids is 1. The molecule has 0 saturated carbocycles. The van der Waals surface area contributed by atoms with E-state index in [1.165, 1.54) is 0 Å². The first kappa shape index (κ1) is 20.1. The van der Waals surface area contributed by atoms with E-state index in [1.807, 2.05) is 53.9 Å². The van der Waals surface area contributed by atoms with E-state index in [4.69, 9.17) is 4.98 Å². The van der Waals surface area contributed by atoms with Crippen LogP contribution in [0.2, 0.25) is 0 Å². The van der Waals surface area contributed by atoms with Crippen LogP contribution in [-0.2, 0) is 17.8 Å². The monoisotopic (exact) mass is 439 g/mol. The van der Waals surface area contributed by atoms with Gasteiger partial charge in [0.2, 0.25) is 5.91 Å². The fourth-order valence-electron chi connectivity index (χ4n) is 3.64.